The highest BCUT2D eigenvalue weighted by Gasteiger charge is 2.28. The Morgan fingerprint density at radius 2 is 1.03 bits per heavy atom. The highest BCUT2D eigenvalue weighted by Crippen LogP contribution is 2.47. The van der Waals surface area contributed by atoms with Crippen LogP contribution < -0.4 is 0 Å². The number of carbonyl (C=O) groups excluding carboxylic acids is 1. The fourth-order valence-electron chi connectivity index (χ4n) is 4.43. The molecule has 0 bridgehead atoms. The molecule has 0 fully saturated rings. The zero-order valence-corrected chi connectivity index (χ0v) is 23.1. The van der Waals surface area contributed by atoms with Crippen LogP contribution in [0.15, 0.2) is 93.9 Å². The van der Waals surface area contributed by atoms with E-state index < -0.39 is 0 Å². The number of ketones is 1. The Morgan fingerprint density at radius 1 is 0.611 bits per heavy atom. The van der Waals surface area contributed by atoms with Crippen LogP contribution >= 0.6 is 54.5 Å². The third-order valence-corrected chi connectivity index (χ3v) is 9.69. The molecule has 0 saturated heterocycles. The molecular formula is C29H14Br2F2OS2. The van der Waals surface area contributed by atoms with Crippen molar-refractivity contribution < 1.29 is 13.6 Å². The Morgan fingerprint density at radius 3 is 1.44 bits per heavy atom. The Kier molecular flexibility index (Phi) is 6.12. The number of rotatable bonds is 4. The molecule has 2 aromatic heterocycles. The molecule has 176 valence electrons. The molecule has 6 aromatic rings. The molecular weight excluding hydrogens is 626 g/mol. The number of halogens is 4. The van der Waals surface area contributed by atoms with Gasteiger partial charge in [0, 0.05) is 40.2 Å². The van der Waals surface area contributed by atoms with Gasteiger partial charge in [0.2, 0.25) is 5.78 Å². The highest BCUT2D eigenvalue weighted by molar-refractivity contribution is 9.11. The van der Waals surface area contributed by atoms with Crippen LogP contribution in [-0.2, 0) is 0 Å². The second-order valence-electron chi connectivity index (χ2n) is 8.18. The van der Waals surface area contributed by atoms with E-state index in [-0.39, 0.29) is 17.4 Å². The van der Waals surface area contributed by atoms with Crippen molar-refractivity contribution in [1.29, 1.82) is 0 Å². The van der Waals surface area contributed by atoms with Gasteiger partial charge in [-0.15, -0.1) is 22.7 Å². The van der Waals surface area contributed by atoms with E-state index in [1.165, 1.54) is 46.9 Å². The molecule has 0 amide bonds. The van der Waals surface area contributed by atoms with Crippen molar-refractivity contribution in [2.45, 2.75) is 0 Å². The average molecular weight is 640 g/mol. The Bertz CT molecular complexity index is 1690. The van der Waals surface area contributed by atoms with Crippen molar-refractivity contribution >= 4 is 80.5 Å². The van der Waals surface area contributed by atoms with E-state index in [1.54, 1.807) is 12.1 Å². The van der Waals surface area contributed by atoms with Crippen LogP contribution in [0, 0.1) is 11.6 Å². The monoisotopic (exact) mass is 638 g/mol. The molecule has 7 heteroatoms. The Labute approximate surface area is 230 Å². The predicted octanol–water partition coefficient (Wildman–Crippen LogP) is 10.5. The van der Waals surface area contributed by atoms with Gasteiger partial charge in [0.25, 0.3) is 0 Å². The summed E-state index contributed by atoms with van der Waals surface area (Å²) < 4.78 is 31.4. The summed E-state index contributed by atoms with van der Waals surface area (Å²) in [4.78, 5) is 15.4. The van der Waals surface area contributed by atoms with E-state index in [0.29, 0.717) is 19.2 Å². The first-order chi connectivity index (χ1) is 17.4. The van der Waals surface area contributed by atoms with Crippen LogP contribution in [0.2, 0.25) is 0 Å². The molecule has 0 N–H and O–H groups in total. The molecule has 0 aliphatic carbocycles. The van der Waals surface area contributed by atoms with Gasteiger partial charge in [-0.05, 0) is 59.7 Å². The van der Waals surface area contributed by atoms with Crippen LogP contribution in [0.4, 0.5) is 8.78 Å². The predicted molar refractivity (Wildman–Crippen MR) is 153 cm³/mol. The number of benzene rings is 4. The van der Waals surface area contributed by atoms with E-state index in [4.69, 9.17) is 0 Å². The lowest BCUT2D eigenvalue weighted by atomic mass is 9.96. The van der Waals surface area contributed by atoms with Gasteiger partial charge in [-0.2, -0.15) is 0 Å². The van der Waals surface area contributed by atoms with E-state index in [2.05, 4.69) is 31.9 Å². The molecule has 0 spiro atoms. The topological polar surface area (TPSA) is 17.1 Å². The van der Waals surface area contributed by atoms with Gasteiger partial charge in [-0.25, -0.2) is 8.78 Å². The standard InChI is InChI=1S/C29H14Br2F2OS2/c30-21-7-3-1-5-17(21)25-19-11-9-15(32)13-23(19)35-28(25)27(34)29-26(18-6-2-4-8-22(18)31)20-12-10-16(33)14-24(20)36-29/h1-14H. The van der Waals surface area contributed by atoms with Gasteiger partial charge in [0.05, 0.1) is 9.75 Å². The third-order valence-electron chi connectivity index (χ3n) is 6.00. The molecule has 36 heavy (non-hydrogen) atoms. The summed E-state index contributed by atoms with van der Waals surface area (Å²) in [5, 5.41) is 1.62. The van der Waals surface area contributed by atoms with Gasteiger partial charge >= 0.3 is 0 Å². The third kappa shape index (κ3) is 3.95. The molecule has 0 aliphatic heterocycles. The van der Waals surface area contributed by atoms with Crippen molar-refractivity contribution in [1.82, 2.24) is 0 Å². The van der Waals surface area contributed by atoms with Crippen LogP contribution in [0.25, 0.3) is 42.4 Å². The van der Waals surface area contributed by atoms with Crippen molar-refractivity contribution in [3.05, 3.63) is 115 Å². The second-order valence-corrected chi connectivity index (χ2v) is 12.0. The average Bonchev–Trinajstić information content (AvgIpc) is 3.42. The lowest BCUT2D eigenvalue weighted by Crippen LogP contribution is -2.00. The summed E-state index contributed by atoms with van der Waals surface area (Å²) in [6, 6.07) is 24.6. The summed E-state index contributed by atoms with van der Waals surface area (Å²) in [6.45, 7) is 0. The fraction of sp³-hybridized carbons (Fsp3) is 0. The summed E-state index contributed by atoms with van der Waals surface area (Å²) in [6.07, 6.45) is 0. The number of fused-ring (bicyclic) bond motifs is 2. The maximum absolute atomic E-state index is 14.4. The number of carbonyl (C=O) groups is 1. The maximum Gasteiger partial charge on any atom is 0.214 e. The molecule has 0 unspecified atom stereocenters. The van der Waals surface area contributed by atoms with E-state index in [0.717, 1.165) is 42.0 Å². The van der Waals surface area contributed by atoms with Crippen molar-refractivity contribution in [2.75, 3.05) is 0 Å². The lowest BCUT2D eigenvalue weighted by Gasteiger charge is -2.09. The molecule has 6 rings (SSSR count). The summed E-state index contributed by atoms with van der Waals surface area (Å²) in [5.74, 6) is -0.880. The Balaban J connectivity index is 1.67. The zero-order valence-electron chi connectivity index (χ0n) is 18.3. The number of hydrogen-bond donors (Lipinski definition) is 0. The molecule has 1 nitrogen and oxygen atoms in total. The first-order valence-corrected chi connectivity index (χ1v) is 14.1. The molecule has 0 atom stereocenters. The number of thiophene rings is 2. The van der Waals surface area contributed by atoms with Gasteiger partial charge < -0.3 is 0 Å². The zero-order chi connectivity index (χ0) is 25.0. The Hall–Kier alpha value is -2.71. The summed E-state index contributed by atoms with van der Waals surface area (Å²) in [5.41, 5.74) is 3.23. The minimum Gasteiger partial charge on any atom is -0.287 e. The van der Waals surface area contributed by atoms with Gasteiger partial charge in [-0.1, -0.05) is 68.3 Å². The minimum absolute atomic E-state index is 0.172. The van der Waals surface area contributed by atoms with Gasteiger partial charge in [-0.3, -0.25) is 4.79 Å². The van der Waals surface area contributed by atoms with E-state index in [1.807, 2.05) is 48.5 Å². The molecule has 0 saturated carbocycles. The normalized spacial score (nSPS) is 11.4. The summed E-state index contributed by atoms with van der Waals surface area (Å²) >= 11 is 9.81. The number of hydrogen-bond acceptors (Lipinski definition) is 3. The van der Waals surface area contributed by atoms with Crippen LogP contribution in [0.1, 0.15) is 14.5 Å². The smallest absolute Gasteiger partial charge is 0.214 e. The molecule has 2 heterocycles. The van der Waals surface area contributed by atoms with Crippen LogP contribution in [-0.4, -0.2) is 5.78 Å². The molecule has 4 aromatic carbocycles. The van der Waals surface area contributed by atoms with Crippen molar-refractivity contribution in [2.24, 2.45) is 0 Å². The molecule has 0 radical (unpaired) electrons. The lowest BCUT2D eigenvalue weighted by molar-refractivity contribution is 0.104. The van der Waals surface area contributed by atoms with Crippen LogP contribution in [0.5, 0.6) is 0 Å². The quantitative estimate of drug-likeness (QED) is 0.175. The van der Waals surface area contributed by atoms with E-state index in [9.17, 15) is 13.6 Å². The first-order valence-electron chi connectivity index (χ1n) is 10.9. The molecule has 0 aliphatic rings. The minimum atomic E-state index is -0.354. The van der Waals surface area contributed by atoms with E-state index >= 15 is 0 Å². The van der Waals surface area contributed by atoms with Gasteiger partial charge in [0.1, 0.15) is 11.6 Å². The van der Waals surface area contributed by atoms with Crippen LogP contribution in [0.3, 0.4) is 0 Å². The first kappa shape index (κ1) is 23.7. The van der Waals surface area contributed by atoms with Crippen molar-refractivity contribution in [3.8, 4) is 22.3 Å². The van der Waals surface area contributed by atoms with Gasteiger partial charge in [0.15, 0.2) is 0 Å². The fourth-order valence-corrected chi connectivity index (χ4v) is 7.83. The SMILES string of the molecule is O=C(c1sc2cc(F)ccc2c1-c1ccccc1Br)c1sc2cc(F)ccc2c1-c1ccccc1Br. The second kappa shape index (κ2) is 9.30. The van der Waals surface area contributed by atoms with Crippen molar-refractivity contribution in [3.63, 3.8) is 0 Å². The highest BCUT2D eigenvalue weighted by atomic mass is 79.9. The summed E-state index contributed by atoms with van der Waals surface area (Å²) in [7, 11) is 0. The largest absolute Gasteiger partial charge is 0.287 e. The maximum atomic E-state index is 14.4.